The SMILES string of the molecule is Cc1ccc(CC(=O)c2cccc3ncccc23)cc1. The number of Topliss-reactive ketones (excluding diaryl/α,β-unsaturated/α-hetero) is 1. The number of ketones is 1. The molecule has 0 bridgehead atoms. The monoisotopic (exact) mass is 261 g/mol. The number of hydrogen-bond donors (Lipinski definition) is 0. The van der Waals surface area contributed by atoms with E-state index in [0.717, 1.165) is 22.0 Å². The average molecular weight is 261 g/mol. The number of aromatic nitrogens is 1. The fraction of sp³-hybridized carbons (Fsp3) is 0.111. The average Bonchev–Trinajstić information content (AvgIpc) is 2.49. The highest BCUT2D eigenvalue weighted by Gasteiger charge is 2.10. The Morgan fingerprint density at radius 3 is 2.60 bits per heavy atom. The first-order valence-corrected chi connectivity index (χ1v) is 6.66. The van der Waals surface area contributed by atoms with Gasteiger partial charge in [0.1, 0.15) is 0 Å². The van der Waals surface area contributed by atoms with Crippen LogP contribution in [0.2, 0.25) is 0 Å². The van der Waals surface area contributed by atoms with E-state index in [0.29, 0.717) is 6.42 Å². The summed E-state index contributed by atoms with van der Waals surface area (Å²) >= 11 is 0. The Bertz CT molecular complexity index is 754. The van der Waals surface area contributed by atoms with Crippen LogP contribution in [0.15, 0.2) is 60.8 Å². The molecular weight excluding hydrogens is 246 g/mol. The van der Waals surface area contributed by atoms with Crippen LogP contribution in [0.5, 0.6) is 0 Å². The van der Waals surface area contributed by atoms with Gasteiger partial charge in [0.15, 0.2) is 5.78 Å². The summed E-state index contributed by atoms with van der Waals surface area (Å²) in [7, 11) is 0. The topological polar surface area (TPSA) is 30.0 Å². The van der Waals surface area contributed by atoms with Crippen molar-refractivity contribution >= 4 is 16.7 Å². The minimum absolute atomic E-state index is 0.132. The third-order valence-electron chi connectivity index (χ3n) is 3.43. The molecule has 0 aliphatic rings. The van der Waals surface area contributed by atoms with Crippen molar-refractivity contribution in [3.05, 3.63) is 77.5 Å². The number of hydrogen-bond acceptors (Lipinski definition) is 2. The van der Waals surface area contributed by atoms with Crippen molar-refractivity contribution in [1.82, 2.24) is 4.98 Å². The zero-order valence-corrected chi connectivity index (χ0v) is 11.3. The van der Waals surface area contributed by atoms with E-state index < -0.39 is 0 Å². The Balaban J connectivity index is 1.94. The lowest BCUT2D eigenvalue weighted by Crippen LogP contribution is -2.04. The van der Waals surface area contributed by atoms with Gasteiger partial charge in [0.25, 0.3) is 0 Å². The molecule has 0 saturated heterocycles. The second-order valence-electron chi connectivity index (χ2n) is 4.96. The molecule has 1 aromatic heterocycles. The van der Waals surface area contributed by atoms with Crippen LogP contribution in [-0.2, 0) is 6.42 Å². The Labute approximate surface area is 118 Å². The van der Waals surface area contributed by atoms with Crippen molar-refractivity contribution in [2.45, 2.75) is 13.3 Å². The van der Waals surface area contributed by atoms with Crippen LogP contribution in [0.25, 0.3) is 10.9 Å². The molecule has 3 aromatic rings. The van der Waals surface area contributed by atoms with Gasteiger partial charge in [-0.05, 0) is 24.6 Å². The molecule has 0 aliphatic heterocycles. The molecule has 0 N–H and O–H groups in total. The molecule has 2 aromatic carbocycles. The predicted octanol–water partition coefficient (Wildman–Crippen LogP) is 3.97. The van der Waals surface area contributed by atoms with Crippen molar-refractivity contribution in [3.8, 4) is 0 Å². The molecule has 20 heavy (non-hydrogen) atoms. The van der Waals surface area contributed by atoms with E-state index in [4.69, 9.17) is 0 Å². The number of benzene rings is 2. The zero-order chi connectivity index (χ0) is 13.9. The molecule has 2 heteroatoms. The number of fused-ring (bicyclic) bond motifs is 1. The van der Waals surface area contributed by atoms with Gasteiger partial charge in [0.05, 0.1) is 5.52 Å². The summed E-state index contributed by atoms with van der Waals surface area (Å²) in [4.78, 5) is 16.8. The number of nitrogens with zero attached hydrogens (tertiary/aromatic N) is 1. The van der Waals surface area contributed by atoms with E-state index in [1.54, 1.807) is 6.20 Å². The van der Waals surface area contributed by atoms with Crippen LogP contribution in [0.4, 0.5) is 0 Å². The summed E-state index contributed by atoms with van der Waals surface area (Å²) < 4.78 is 0. The molecule has 0 radical (unpaired) electrons. The predicted molar refractivity (Wildman–Crippen MR) is 81.0 cm³/mol. The van der Waals surface area contributed by atoms with E-state index in [1.165, 1.54) is 5.56 Å². The number of pyridine rings is 1. The highest BCUT2D eigenvalue weighted by molar-refractivity contribution is 6.08. The molecule has 3 rings (SSSR count). The molecule has 0 saturated carbocycles. The van der Waals surface area contributed by atoms with Gasteiger partial charge >= 0.3 is 0 Å². The van der Waals surface area contributed by atoms with Crippen molar-refractivity contribution in [2.24, 2.45) is 0 Å². The van der Waals surface area contributed by atoms with Gasteiger partial charge in [0, 0.05) is 23.6 Å². The summed E-state index contributed by atoms with van der Waals surface area (Å²) in [5, 5.41) is 0.923. The number of carbonyl (C=O) groups excluding carboxylic acids is 1. The lowest BCUT2D eigenvalue weighted by molar-refractivity contribution is 0.0994. The van der Waals surface area contributed by atoms with Gasteiger partial charge in [0.2, 0.25) is 0 Å². The molecule has 0 amide bonds. The third-order valence-corrected chi connectivity index (χ3v) is 3.43. The third kappa shape index (κ3) is 2.45. The molecule has 2 nitrogen and oxygen atoms in total. The molecule has 1 heterocycles. The molecule has 98 valence electrons. The second kappa shape index (κ2) is 5.25. The molecule has 0 atom stereocenters. The van der Waals surface area contributed by atoms with Crippen LogP contribution < -0.4 is 0 Å². The number of carbonyl (C=O) groups is 1. The Morgan fingerprint density at radius 2 is 1.80 bits per heavy atom. The van der Waals surface area contributed by atoms with Gasteiger partial charge in [-0.1, -0.05) is 48.0 Å². The van der Waals surface area contributed by atoms with Gasteiger partial charge in [-0.2, -0.15) is 0 Å². The van der Waals surface area contributed by atoms with Crippen molar-refractivity contribution in [3.63, 3.8) is 0 Å². The molecular formula is C18H15NO. The van der Waals surface area contributed by atoms with E-state index in [9.17, 15) is 4.79 Å². The standard InChI is InChI=1S/C18H15NO/c1-13-7-9-14(10-8-13)12-18(20)16-4-2-6-17-15(16)5-3-11-19-17/h2-11H,12H2,1H3. The first-order valence-electron chi connectivity index (χ1n) is 6.66. The fourth-order valence-electron chi connectivity index (χ4n) is 2.33. The van der Waals surface area contributed by atoms with Crippen molar-refractivity contribution in [2.75, 3.05) is 0 Å². The minimum Gasteiger partial charge on any atom is -0.294 e. The smallest absolute Gasteiger partial charge is 0.167 e. The zero-order valence-electron chi connectivity index (χ0n) is 11.3. The van der Waals surface area contributed by atoms with E-state index in [2.05, 4.69) is 4.98 Å². The molecule has 0 spiro atoms. The Morgan fingerprint density at radius 1 is 1.00 bits per heavy atom. The van der Waals surface area contributed by atoms with Gasteiger partial charge in [-0.3, -0.25) is 9.78 Å². The summed E-state index contributed by atoms with van der Waals surface area (Å²) in [5.74, 6) is 0.132. The van der Waals surface area contributed by atoms with Crippen molar-refractivity contribution < 1.29 is 4.79 Å². The lowest BCUT2D eigenvalue weighted by Gasteiger charge is -2.05. The molecule has 0 unspecified atom stereocenters. The number of aryl methyl sites for hydroxylation is 1. The maximum absolute atomic E-state index is 12.5. The van der Waals surface area contributed by atoms with E-state index >= 15 is 0 Å². The lowest BCUT2D eigenvalue weighted by atomic mass is 9.99. The van der Waals surface area contributed by atoms with Crippen LogP contribution in [-0.4, -0.2) is 10.8 Å². The van der Waals surface area contributed by atoms with E-state index in [1.807, 2.05) is 61.5 Å². The number of rotatable bonds is 3. The summed E-state index contributed by atoms with van der Waals surface area (Å²) in [5.41, 5.74) is 3.86. The first-order chi connectivity index (χ1) is 9.74. The molecule has 0 aliphatic carbocycles. The fourth-order valence-corrected chi connectivity index (χ4v) is 2.33. The van der Waals surface area contributed by atoms with Gasteiger partial charge < -0.3 is 0 Å². The Kier molecular flexibility index (Phi) is 3.30. The van der Waals surface area contributed by atoms with Crippen LogP contribution in [0, 0.1) is 6.92 Å². The van der Waals surface area contributed by atoms with Crippen molar-refractivity contribution in [1.29, 1.82) is 0 Å². The first kappa shape index (κ1) is 12.5. The van der Waals surface area contributed by atoms with Crippen LogP contribution >= 0.6 is 0 Å². The quantitative estimate of drug-likeness (QED) is 0.668. The normalized spacial score (nSPS) is 10.7. The minimum atomic E-state index is 0.132. The highest BCUT2D eigenvalue weighted by atomic mass is 16.1. The maximum atomic E-state index is 12.5. The van der Waals surface area contributed by atoms with Gasteiger partial charge in [-0.15, -0.1) is 0 Å². The van der Waals surface area contributed by atoms with E-state index in [-0.39, 0.29) is 5.78 Å². The Hall–Kier alpha value is -2.48. The molecule has 0 fully saturated rings. The summed E-state index contributed by atoms with van der Waals surface area (Å²) in [6, 6.07) is 17.6. The summed E-state index contributed by atoms with van der Waals surface area (Å²) in [6.07, 6.45) is 2.17. The highest BCUT2D eigenvalue weighted by Crippen LogP contribution is 2.18. The summed E-state index contributed by atoms with van der Waals surface area (Å²) in [6.45, 7) is 2.04. The van der Waals surface area contributed by atoms with Crippen LogP contribution in [0.1, 0.15) is 21.5 Å². The van der Waals surface area contributed by atoms with Gasteiger partial charge in [-0.25, -0.2) is 0 Å². The van der Waals surface area contributed by atoms with Crippen LogP contribution in [0.3, 0.4) is 0 Å². The second-order valence-corrected chi connectivity index (χ2v) is 4.96. The maximum Gasteiger partial charge on any atom is 0.167 e. The largest absolute Gasteiger partial charge is 0.294 e.